The van der Waals surface area contributed by atoms with Crippen LogP contribution in [0.2, 0.25) is 0 Å². The smallest absolute Gasteiger partial charge is 0.282 e. The molecular weight excluding hydrogens is 290 g/mol. The van der Waals surface area contributed by atoms with Gasteiger partial charge in [0.2, 0.25) is 0 Å². The fourth-order valence-corrected chi connectivity index (χ4v) is 2.80. The first-order chi connectivity index (χ1) is 10.1. The van der Waals surface area contributed by atoms with Crippen LogP contribution in [0.15, 0.2) is 46.4 Å². The summed E-state index contributed by atoms with van der Waals surface area (Å²) in [5, 5.41) is 7.29. The lowest BCUT2D eigenvalue weighted by Gasteiger charge is -2.12. The zero-order chi connectivity index (χ0) is 15.0. The number of anilines is 1. The molecule has 1 atom stereocenters. The topological polar surface area (TPSA) is 78.8 Å². The minimum Gasteiger partial charge on any atom is -0.282 e. The summed E-state index contributed by atoms with van der Waals surface area (Å²) in [5.74, 6) is -1.33. The van der Waals surface area contributed by atoms with Gasteiger partial charge in [-0.15, -0.1) is 0 Å². The lowest BCUT2D eigenvalue weighted by Crippen LogP contribution is -2.26. The van der Waals surface area contributed by atoms with E-state index in [9.17, 15) is 14.4 Å². The molecule has 2 heterocycles. The van der Waals surface area contributed by atoms with Crippen LogP contribution in [0.5, 0.6) is 0 Å². The molecule has 1 aromatic rings. The van der Waals surface area contributed by atoms with Crippen LogP contribution in [0.25, 0.3) is 0 Å². The van der Waals surface area contributed by atoms with Crippen molar-refractivity contribution in [3.63, 3.8) is 0 Å². The van der Waals surface area contributed by atoms with Crippen molar-refractivity contribution in [2.45, 2.75) is 6.92 Å². The third kappa shape index (κ3) is 2.47. The normalized spacial score (nSPS) is 23.8. The van der Waals surface area contributed by atoms with E-state index in [1.54, 1.807) is 19.1 Å². The van der Waals surface area contributed by atoms with E-state index in [1.165, 1.54) is 11.1 Å². The van der Waals surface area contributed by atoms with Crippen molar-refractivity contribution in [2.75, 3.05) is 5.01 Å². The number of benzene rings is 1. The lowest BCUT2D eigenvalue weighted by molar-refractivity contribution is -0.118. The molecule has 2 aliphatic rings. The summed E-state index contributed by atoms with van der Waals surface area (Å²) in [4.78, 5) is 35.4. The minimum absolute atomic E-state index is 0.237. The van der Waals surface area contributed by atoms with Crippen LogP contribution in [-0.2, 0) is 9.59 Å². The Balaban J connectivity index is 1.88. The molecule has 1 aromatic carbocycles. The monoisotopic (exact) mass is 301 g/mol. The first-order valence-electron chi connectivity index (χ1n) is 6.25. The first-order valence-corrected chi connectivity index (χ1v) is 7.07. The second-order valence-corrected chi connectivity index (χ2v) is 5.59. The summed E-state index contributed by atoms with van der Waals surface area (Å²) < 4.78 is 0. The van der Waals surface area contributed by atoms with Gasteiger partial charge in [-0.1, -0.05) is 18.2 Å². The average Bonchev–Trinajstić information content (AvgIpc) is 2.93. The van der Waals surface area contributed by atoms with E-state index in [1.807, 2.05) is 18.2 Å². The highest BCUT2D eigenvalue weighted by Crippen LogP contribution is 2.29. The molecule has 21 heavy (non-hydrogen) atoms. The summed E-state index contributed by atoms with van der Waals surface area (Å²) in [6.07, 6.45) is 1.50. The summed E-state index contributed by atoms with van der Waals surface area (Å²) >= 11 is 0.797. The standard InChI is InChI=1S/C14H11N3O3S/c1-8-10(7-11-12(18)15-14(20)21-11)13(19)17(16-8)9-5-3-2-4-6-9/h2-7,10H,1H3,(H,15,18,20)/b11-7+. The highest BCUT2D eigenvalue weighted by molar-refractivity contribution is 8.18. The Bertz CT molecular complexity index is 697. The Kier molecular flexibility index (Phi) is 3.34. The van der Waals surface area contributed by atoms with Gasteiger partial charge in [0.25, 0.3) is 17.1 Å². The van der Waals surface area contributed by atoms with Gasteiger partial charge in [0.1, 0.15) is 0 Å². The summed E-state index contributed by atoms with van der Waals surface area (Å²) in [7, 11) is 0. The molecule has 1 N–H and O–H groups in total. The summed E-state index contributed by atoms with van der Waals surface area (Å²) in [6, 6.07) is 9.05. The number of amides is 3. The highest BCUT2D eigenvalue weighted by atomic mass is 32.2. The minimum atomic E-state index is -0.621. The van der Waals surface area contributed by atoms with Crippen LogP contribution in [0.3, 0.4) is 0 Å². The molecule has 0 saturated carbocycles. The molecule has 0 spiro atoms. The molecule has 3 amide bonds. The Morgan fingerprint density at radius 2 is 1.95 bits per heavy atom. The zero-order valence-corrected chi connectivity index (χ0v) is 11.9. The molecular formula is C14H11N3O3S. The molecule has 0 aromatic heterocycles. The SMILES string of the molecule is CC1=NN(c2ccccc2)C(=O)C1/C=C1/SC(=O)NC1=O. The number of thioether (sulfide) groups is 1. The second kappa shape index (κ2) is 5.17. The van der Waals surface area contributed by atoms with Crippen molar-refractivity contribution in [3.8, 4) is 0 Å². The Hall–Kier alpha value is -2.41. The van der Waals surface area contributed by atoms with Gasteiger partial charge in [-0.25, -0.2) is 0 Å². The highest BCUT2D eigenvalue weighted by Gasteiger charge is 2.35. The van der Waals surface area contributed by atoms with Gasteiger partial charge in [0.15, 0.2) is 0 Å². The summed E-state index contributed by atoms with van der Waals surface area (Å²) in [5.41, 5.74) is 1.26. The molecule has 0 bridgehead atoms. The summed E-state index contributed by atoms with van der Waals surface area (Å²) in [6.45, 7) is 1.72. The van der Waals surface area contributed by atoms with Crippen LogP contribution in [0.4, 0.5) is 10.5 Å². The number of hydrogen-bond acceptors (Lipinski definition) is 5. The average molecular weight is 301 g/mol. The van der Waals surface area contributed by atoms with E-state index in [-0.39, 0.29) is 10.8 Å². The zero-order valence-electron chi connectivity index (χ0n) is 11.1. The van der Waals surface area contributed by atoms with E-state index < -0.39 is 17.1 Å². The van der Waals surface area contributed by atoms with E-state index in [2.05, 4.69) is 10.4 Å². The van der Waals surface area contributed by atoms with Crippen molar-refractivity contribution in [2.24, 2.45) is 11.0 Å². The van der Waals surface area contributed by atoms with Gasteiger partial charge in [-0.05, 0) is 36.9 Å². The quantitative estimate of drug-likeness (QED) is 0.846. The van der Waals surface area contributed by atoms with E-state index in [0.29, 0.717) is 11.4 Å². The van der Waals surface area contributed by atoms with Crippen molar-refractivity contribution >= 4 is 40.2 Å². The molecule has 6 nitrogen and oxygen atoms in total. The Morgan fingerprint density at radius 3 is 2.57 bits per heavy atom. The maximum Gasteiger partial charge on any atom is 0.290 e. The molecule has 0 radical (unpaired) electrons. The van der Waals surface area contributed by atoms with Crippen LogP contribution in [-0.4, -0.2) is 22.8 Å². The van der Waals surface area contributed by atoms with Crippen molar-refractivity contribution in [3.05, 3.63) is 41.3 Å². The molecule has 3 rings (SSSR count). The van der Waals surface area contributed by atoms with Crippen LogP contribution in [0, 0.1) is 5.92 Å². The van der Waals surface area contributed by atoms with Gasteiger partial charge >= 0.3 is 0 Å². The number of carbonyl (C=O) groups excluding carboxylic acids is 3. The van der Waals surface area contributed by atoms with Crippen molar-refractivity contribution in [1.29, 1.82) is 0 Å². The largest absolute Gasteiger partial charge is 0.290 e. The molecule has 1 fully saturated rings. The van der Waals surface area contributed by atoms with E-state index >= 15 is 0 Å². The number of para-hydroxylation sites is 1. The number of hydrazone groups is 1. The van der Waals surface area contributed by atoms with Crippen LogP contribution in [0.1, 0.15) is 6.92 Å². The van der Waals surface area contributed by atoms with E-state index in [0.717, 1.165) is 11.8 Å². The van der Waals surface area contributed by atoms with Crippen LogP contribution < -0.4 is 10.3 Å². The molecule has 2 aliphatic heterocycles. The van der Waals surface area contributed by atoms with Gasteiger partial charge in [-0.3, -0.25) is 19.7 Å². The molecule has 7 heteroatoms. The van der Waals surface area contributed by atoms with Gasteiger partial charge in [-0.2, -0.15) is 10.1 Å². The van der Waals surface area contributed by atoms with Gasteiger partial charge in [0.05, 0.1) is 22.2 Å². The Labute approximate surface area is 124 Å². The predicted octanol–water partition coefficient (Wildman–Crippen LogP) is 1.89. The molecule has 106 valence electrons. The number of hydrogen-bond donors (Lipinski definition) is 1. The van der Waals surface area contributed by atoms with Gasteiger partial charge < -0.3 is 0 Å². The van der Waals surface area contributed by atoms with Crippen LogP contribution >= 0.6 is 11.8 Å². The number of nitrogens with zero attached hydrogens (tertiary/aromatic N) is 2. The van der Waals surface area contributed by atoms with Crippen molar-refractivity contribution < 1.29 is 14.4 Å². The van der Waals surface area contributed by atoms with Gasteiger partial charge in [0, 0.05) is 0 Å². The van der Waals surface area contributed by atoms with Crippen molar-refractivity contribution in [1.82, 2.24) is 5.32 Å². The lowest BCUT2D eigenvalue weighted by atomic mass is 10.0. The predicted molar refractivity (Wildman–Crippen MR) is 79.7 cm³/mol. The number of nitrogens with one attached hydrogen (secondary N) is 1. The third-order valence-corrected chi connectivity index (χ3v) is 3.97. The second-order valence-electron chi connectivity index (χ2n) is 4.58. The fourth-order valence-electron chi connectivity index (χ4n) is 2.11. The third-order valence-electron chi connectivity index (χ3n) is 3.14. The Morgan fingerprint density at radius 1 is 1.24 bits per heavy atom. The maximum absolute atomic E-state index is 12.4. The molecule has 1 saturated heterocycles. The fraction of sp³-hybridized carbons (Fsp3) is 0.143. The molecule has 0 aliphatic carbocycles. The van der Waals surface area contributed by atoms with E-state index in [4.69, 9.17) is 0 Å². The number of imide groups is 1. The number of carbonyl (C=O) groups is 3. The number of rotatable bonds is 2. The molecule has 1 unspecified atom stereocenters. The first kappa shape index (κ1) is 13.6. The maximum atomic E-state index is 12.4.